The zero-order chi connectivity index (χ0) is 15.4. The molecular formula is C15H19N3O3. The van der Waals surface area contributed by atoms with Crippen LogP contribution in [-0.2, 0) is 14.4 Å². The van der Waals surface area contributed by atoms with E-state index in [0.29, 0.717) is 12.8 Å². The number of likely N-dealkylation sites (N-methyl/N-ethyl adjacent to an activating group) is 1. The molecule has 6 nitrogen and oxygen atoms in total. The monoisotopic (exact) mass is 289 g/mol. The summed E-state index contributed by atoms with van der Waals surface area (Å²) in [4.78, 5) is 36.2. The van der Waals surface area contributed by atoms with Crippen LogP contribution in [0.4, 0.5) is 5.69 Å². The number of carbonyl (C=O) groups excluding carboxylic acids is 3. The maximum Gasteiger partial charge on any atom is 0.246 e. The van der Waals surface area contributed by atoms with Gasteiger partial charge in [0.2, 0.25) is 17.7 Å². The molecule has 1 aromatic rings. The first-order chi connectivity index (χ1) is 9.97. The number of rotatable bonds is 4. The van der Waals surface area contributed by atoms with Gasteiger partial charge in [-0.1, -0.05) is 12.1 Å². The van der Waals surface area contributed by atoms with Gasteiger partial charge in [0.1, 0.15) is 0 Å². The average Bonchev–Trinajstić information content (AvgIpc) is 2.44. The molecule has 1 aliphatic heterocycles. The summed E-state index contributed by atoms with van der Waals surface area (Å²) >= 11 is 0. The fourth-order valence-electron chi connectivity index (χ4n) is 2.25. The quantitative estimate of drug-likeness (QED) is 0.799. The van der Waals surface area contributed by atoms with Crippen LogP contribution in [0.3, 0.4) is 0 Å². The number of nitrogens with one attached hydrogen (secondary N) is 2. The minimum atomic E-state index is -0.476. The standard InChI is InChI=1S/C15H19N3O3/c1-10-4-3-5-11(8-10)17-13(19)9-16-12-6-7-14(20)18(2)15(12)21/h3-5,8,12,16H,6-7,9H2,1-2H3,(H,17,19). The van der Waals surface area contributed by atoms with Gasteiger partial charge in [0.05, 0.1) is 12.6 Å². The Morgan fingerprint density at radius 2 is 2.14 bits per heavy atom. The molecule has 0 aromatic heterocycles. The Morgan fingerprint density at radius 3 is 2.86 bits per heavy atom. The lowest BCUT2D eigenvalue weighted by Crippen LogP contribution is -2.52. The van der Waals surface area contributed by atoms with Gasteiger partial charge in [0, 0.05) is 19.2 Å². The van der Waals surface area contributed by atoms with Crippen molar-refractivity contribution in [3.8, 4) is 0 Å². The van der Waals surface area contributed by atoms with Crippen LogP contribution in [-0.4, -0.2) is 42.3 Å². The number of amides is 3. The molecule has 1 aromatic carbocycles. The van der Waals surface area contributed by atoms with Crippen molar-refractivity contribution in [3.63, 3.8) is 0 Å². The van der Waals surface area contributed by atoms with E-state index >= 15 is 0 Å². The van der Waals surface area contributed by atoms with E-state index in [-0.39, 0.29) is 24.3 Å². The second-order valence-corrected chi connectivity index (χ2v) is 5.18. The van der Waals surface area contributed by atoms with Gasteiger partial charge in [0.15, 0.2) is 0 Å². The number of piperidine rings is 1. The van der Waals surface area contributed by atoms with Gasteiger partial charge in [-0.25, -0.2) is 0 Å². The number of anilines is 1. The average molecular weight is 289 g/mol. The Kier molecular flexibility index (Phi) is 4.70. The third-order valence-electron chi connectivity index (χ3n) is 3.46. The predicted molar refractivity (Wildman–Crippen MR) is 78.6 cm³/mol. The summed E-state index contributed by atoms with van der Waals surface area (Å²) in [6.07, 6.45) is 0.749. The number of aryl methyl sites for hydroxylation is 1. The van der Waals surface area contributed by atoms with Crippen LogP contribution >= 0.6 is 0 Å². The fraction of sp³-hybridized carbons (Fsp3) is 0.400. The molecule has 3 amide bonds. The van der Waals surface area contributed by atoms with Crippen LogP contribution in [0.2, 0.25) is 0 Å². The highest BCUT2D eigenvalue weighted by molar-refractivity contribution is 6.00. The highest BCUT2D eigenvalue weighted by atomic mass is 16.2. The fourth-order valence-corrected chi connectivity index (χ4v) is 2.25. The van der Waals surface area contributed by atoms with Crippen LogP contribution in [0.1, 0.15) is 18.4 Å². The molecule has 6 heteroatoms. The first-order valence-electron chi connectivity index (χ1n) is 6.87. The summed E-state index contributed by atoms with van der Waals surface area (Å²) in [6.45, 7) is 1.98. The number of hydrogen-bond donors (Lipinski definition) is 2. The summed E-state index contributed by atoms with van der Waals surface area (Å²) in [5.74, 6) is -0.676. The van der Waals surface area contributed by atoms with Crippen molar-refractivity contribution < 1.29 is 14.4 Å². The number of benzene rings is 1. The van der Waals surface area contributed by atoms with Crippen LogP contribution in [0, 0.1) is 6.92 Å². The third-order valence-corrected chi connectivity index (χ3v) is 3.46. The minimum absolute atomic E-state index is 0.0341. The van der Waals surface area contributed by atoms with E-state index in [1.54, 1.807) is 0 Å². The SMILES string of the molecule is Cc1cccc(NC(=O)CNC2CCC(=O)N(C)C2=O)c1. The highest BCUT2D eigenvalue weighted by Gasteiger charge is 2.31. The Bertz CT molecular complexity index is 571. The highest BCUT2D eigenvalue weighted by Crippen LogP contribution is 2.12. The van der Waals surface area contributed by atoms with Gasteiger partial charge in [-0.2, -0.15) is 0 Å². The molecule has 0 saturated carbocycles. The molecule has 21 heavy (non-hydrogen) atoms. The van der Waals surface area contributed by atoms with Crippen molar-refractivity contribution in [2.24, 2.45) is 0 Å². The van der Waals surface area contributed by atoms with Gasteiger partial charge in [-0.05, 0) is 31.0 Å². The van der Waals surface area contributed by atoms with Crippen molar-refractivity contribution in [2.75, 3.05) is 18.9 Å². The van der Waals surface area contributed by atoms with Crippen LogP contribution in [0.5, 0.6) is 0 Å². The van der Waals surface area contributed by atoms with Gasteiger partial charge in [-0.3, -0.25) is 24.6 Å². The van der Waals surface area contributed by atoms with Gasteiger partial charge in [0.25, 0.3) is 0 Å². The maximum atomic E-state index is 11.9. The Balaban J connectivity index is 1.84. The van der Waals surface area contributed by atoms with E-state index in [4.69, 9.17) is 0 Å². The van der Waals surface area contributed by atoms with Gasteiger partial charge < -0.3 is 5.32 Å². The van der Waals surface area contributed by atoms with Crippen molar-refractivity contribution >= 4 is 23.4 Å². The lowest BCUT2D eigenvalue weighted by molar-refractivity contribution is -0.148. The van der Waals surface area contributed by atoms with Gasteiger partial charge in [-0.15, -0.1) is 0 Å². The number of imide groups is 1. The summed E-state index contributed by atoms with van der Waals surface area (Å²) < 4.78 is 0. The van der Waals surface area contributed by atoms with E-state index in [0.717, 1.165) is 16.2 Å². The molecule has 1 heterocycles. The molecule has 1 aliphatic rings. The predicted octanol–water partition coefficient (Wildman–Crippen LogP) is 0.671. The van der Waals surface area contributed by atoms with Crippen molar-refractivity contribution in [1.29, 1.82) is 0 Å². The van der Waals surface area contributed by atoms with Crippen LogP contribution < -0.4 is 10.6 Å². The van der Waals surface area contributed by atoms with Crippen molar-refractivity contribution in [2.45, 2.75) is 25.8 Å². The first kappa shape index (κ1) is 15.2. The number of nitrogens with zero attached hydrogens (tertiary/aromatic N) is 1. The number of hydrogen-bond acceptors (Lipinski definition) is 4. The molecule has 112 valence electrons. The molecule has 2 rings (SSSR count). The second kappa shape index (κ2) is 6.49. The summed E-state index contributed by atoms with van der Waals surface area (Å²) in [5, 5.41) is 5.67. The van der Waals surface area contributed by atoms with Crippen LogP contribution in [0.15, 0.2) is 24.3 Å². The molecule has 0 bridgehead atoms. The topological polar surface area (TPSA) is 78.5 Å². The van der Waals surface area contributed by atoms with Crippen molar-refractivity contribution in [1.82, 2.24) is 10.2 Å². The molecule has 1 unspecified atom stereocenters. The Labute approximate surface area is 123 Å². The first-order valence-corrected chi connectivity index (χ1v) is 6.87. The zero-order valence-electron chi connectivity index (χ0n) is 12.2. The molecule has 2 N–H and O–H groups in total. The Morgan fingerprint density at radius 1 is 1.38 bits per heavy atom. The van der Waals surface area contributed by atoms with E-state index < -0.39 is 6.04 Å². The summed E-state index contributed by atoms with van der Waals surface area (Å²) in [5.41, 5.74) is 1.78. The lowest BCUT2D eigenvalue weighted by atomic mass is 10.0. The number of carbonyl (C=O) groups is 3. The molecule has 1 fully saturated rings. The molecular weight excluding hydrogens is 270 g/mol. The smallest absolute Gasteiger partial charge is 0.246 e. The normalized spacial score (nSPS) is 18.8. The van der Waals surface area contributed by atoms with Gasteiger partial charge >= 0.3 is 0 Å². The van der Waals surface area contributed by atoms with Crippen molar-refractivity contribution in [3.05, 3.63) is 29.8 Å². The van der Waals surface area contributed by atoms with E-state index in [1.807, 2.05) is 31.2 Å². The Hall–Kier alpha value is -2.21. The van der Waals surface area contributed by atoms with E-state index in [2.05, 4.69) is 10.6 Å². The minimum Gasteiger partial charge on any atom is -0.325 e. The van der Waals surface area contributed by atoms with Crippen LogP contribution in [0.25, 0.3) is 0 Å². The molecule has 0 spiro atoms. The summed E-state index contributed by atoms with van der Waals surface area (Å²) in [6, 6.07) is 7.01. The number of likely N-dealkylation sites (tertiary alicyclic amines) is 1. The van der Waals surface area contributed by atoms with E-state index in [1.165, 1.54) is 7.05 Å². The molecule has 0 radical (unpaired) electrons. The maximum absolute atomic E-state index is 11.9. The lowest BCUT2D eigenvalue weighted by Gasteiger charge is -2.28. The molecule has 0 aliphatic carbocycles. The largest absolute Gasteiger partial charge is 0.325 e. The second-order valence-electron chi connectivity index (χ2n) is 5.18. The molecule has 1 saturated heterocycles. The summed E-state index contributed by atoms with van der Waals surface area (Å²) in [7, 11) is 1.46. The molecule has 1 atom stereocenters. The van der Waals surface area contributed by atoms with E-state index in [9.17, 15) is 14.4 Å². The zero-order valence-corrected chi connectivity index (χ0v) is 12.2. The third kappa shape index (κ3) is 3.88.